The smallest absolute Gasteiger partial charge is 0.225 e. The SMILES string of the molecule is CCn1c2ccccc2c2cc(NC(=O)CCSc3nc4c(cc3C#N)CC(C)CC4)ccc21. The fourth-order valence-electron chi connectivity index (χ4n) is 4.95. The molecule has 2 aromatic carbocycles. The first-order valence-corrected chi connectivity index (χ1v) is 12.9. The van der Waals surface area contributed by atoms with Crippen molar-refractivity contribution in [1.29, 1.82) is 5.26 Å². The predicted octanol–water partition coefficient (Wildman–Crippen LogP) is 6.33. The molecule has 0 fully saturated rings. The molecule has 1 N–H and O–H groups in total. The molecule has 34 heavy (non-hydrogen) atoms. The van der Waals surface area contributed by atoms with Crippen LogP contribution < -0.4 is 5.32 Å². The third-order valence-corrected chi connectivity index (χ3v) is 7.65. The number of hydrogen-bond donors (Lipinski definition) is 1. The number of aromatic nitrogens is 2. The van der Waals surface area contributed by atoms with Crippen LogP contribution in [0.3, 0.4) is 0 Å². The Labute approximate surface area is 204 Å². The summed E-state index contributed by atoms with van der Waals surface area (Å²) in [6.45, 7) is 5.29. The number of rotatable bonds is 6. The number of amides is 1. The van der Waals surface area contributed by atoms with Crippen LogP contribution in [0.15, 0.2) is 53.6 Å². The van der Waals surface area contributed by atoms with Gasteiger partial charge in [-0.05, 0) is 68.0 Å². The van der Waals surface area contributed by atoms with Crippen molar-refractivity contribution in [3.63, 3.8) is 0 Å². The van der Waals surface area contributed by atoms with Crippen molar-refractivity contribution >= 4 is 45.2 Å². The standard InChI is InChI=1S/C28H28N4OS/c1-3-32-25-7-5-4-6-22(25)23-16-21(9-11-26(23)32)30-27(33)12-13-34-28-20(17-29)15-19-14-18(2)8-10-24(19)31-28/h4-7,9,11,15-16,18H,3,8,10,12-14H2,1-2H3,(H,30,33). The molecule has 6 heteroatoms. The molecule has 0 bridgehead atoms. The van der Waals surface area contributed by atoms with Crippen molar-refractivity contribution < 1.29 is 4.79 Å². The number of carbonyl (C=O) groups excluding carboxylic acids is 1. The van der Waals surface area contributed by atoms with Gasteiger partial charge in [0.15, 0.2) is 0 Å². The number of nitrogens with zero attached hydrogens (tertiary/aromatic N) is 3. The summed E-state index contributed by atoms with van der Waals surface area (Å²) >= 11 is 1.50. The van der Waals surface area contributed by atoms with E-state index in [1.807, 2.05) is 12.1 Å². The van der Waals surface area contributed by atoms with Crippen molar-refractivity contribution in [3.05, 3.63) is 65.4 Å². The number of fused-ring (bicyclic) bond motifs is 4. The predicted molar refractivity (Wildman–Crippen MR) is 139 cm³/mol. The number of nitriles is 1. The lowest BCUT2D eigenvalue weighted by molar-refractivity contribution is -0.115. The largest absolute Gasteiger partial charge is 0.341 e. The van der Waals surface area contributed by atoms with Gasteiger partial charge in [-0.3, -0.25) is 4.79 Å². The molecule has 172 valence electrons. The third kappa shape index (κ3) is 4.28. The van der Waals surface area contributed by atoms with E-state index in [1.165, 1.54) is 33.7 Å². The number of anilines is 1. The summed E-state index contributed by atoms with van der Waals surface area (Å²) in [6.07, 6.45) is 3.46. The minimum absolute atomic E-state index is 0.0311. The van der Waals surface area contributed by atoms with Gasteiger partial charge in [0, 0.05) is 51.9 Å². The van der Waals surface area contributed by atoms with Crippen LogP contribution in [0.4, 0.5) is 5.69 Å². The molecular formula is C28H28N4OS. The van der Waals surface area contributed by atoms with E-state index in [1.54, 1.807) is 0 Å². The first-order chi connectivity index (χ1) is 16.6. The molecule has 2 heterocycles. The van der Waals surface area contributed by atoms with Gasteiger partial charge < -0.3 is 9.88 Å². The Bertz CT molecular complexity index is 1430. The van der Waals surface area contributed by atoms with E-state index in [2.05, 4.69) is 66.2 Å². The molecule has 0 saturated carbocycles. The molecule has 0 aliphatic heterocycles. The summed E-state index contributed by atoms with van der Waals surface area (Å²) < 4.78 is 2.30. The minimum atomic E-state index is -0.0311. The van der Waals surface area contributed by atoms with Crippen molar-refractivity contribution in [2.24, 2.45) is 5.92 Å². The number of benzene rings is 2. The second-order valence-corrected chi connectivity index (χ2v) is 10.1. The fourth-order valence-corrected chi connectivity index (χ4v) is 5.87. The van der Waals surface area contributed by atoms with E-state index in [-0.39, 0.29) is 5.91 Å². The zero-order valence-electron chi connectivity index (χ0n) is 19.6. The van der Waals surface area contributed by atoms with Gasteiger partial charge in [0.1, 0.15) is 11.1 Å². The van der Waals surface area contributed by atoms with Gasteiger partial charge in [0.25, 0.3) is 0 Å². The van der Waals surface area contributed by atoms with Crippen molar-refractivity contribution in [2.75, 3.05) is 11.1 Å². The van der Waals surface area contributed by atoms with E-state index < -0.39 is 0 Å². The van der Waals surface area contributed by atoms with Crippen LogP contribution in [0.25, 0.3) is 21.8 Å². The van der Waals surface area contributed by atoms with E-state index in [0.29, 0.717) is 23.7 Å². The number of thioether (sulfide) groups is 1. The molecule has 4 aromatic rings. The Kier molecular flexibility index (Phi) is 6.30. The third-order valence-electron chi connectivity index (χ3n) is 6.66. The number of nitrogens with one attached hydrogen (secondary N) is 1. The molecule has 1 amide bonds. The summed E-state index contributed by atoms with van der Waals surface area (Å²) in [7, 11) is 0. The molecule has 1 atom stereocenters. The fraction of sp³-hybridized carbons (Fsp3) is 0.321. The highest BCUT2D eigenvalue weighted by Crippen LogP contribution is 2.32. The summed E-state index contributed by atoms with van der Waals surface area (Å²) in [5.41, 5.74) is 6.13. The number of pyridine rings is 1. The second-order valence-electron chi connectivity index (χ2n) is 9.05. The highest BCUT2D eigenvalue weighted by molar-refractivity contribution is 7.99. The summed E-state index contributed by atoms with van der Waals surface area (Å²) in [5, 5.41) is 15.7. The van der Waals surface area contributed by atoms with Crippen LogP contribution in [-0.2, 0) is 24.2 Å². The van der Waals surface area contributed by atoms with Crippen LogP contribution >= 0.6 is 11.8 Å². The maximum Gasteiger partial charge on any atom is 0.225 e. The molecule has 0 spiro atoms. The first kappa shape index (κ1) is 22.5. The molecule has 5 rings (SSSR count). The molecule has 0 saturated heterocycles. The Morgan fingerprint density at radius 1 is 1.21 bits per heavy atom. The van der Waals surface area contributed by atoms with Crippen LogP contribution in [0, 0.1) is 17.2 Å². The molecule has 1 unspecified atom stereocenters. The van der Waals surface area contributed by atoms with Crippen molar-refractivity contribution in [3.8, 4) is 6.07 Å². The van der Waals surface area contributed by atoms with Crippen LogP contribution in [0.1, 0.15) is 43.5 Å². The van der Waals surface area contributed by atoms with Gasteiger partial charge >= 0.3 is 0 Å². The van der Waals surface area contributed by atoms with Crippen LogP contribution in [0.5, 0.6) is 0 Å². The van der Waals surface area contributed by atoms with E-state index in [0.717, 1.165) is 47.6 Å². The normalized spacial score (nSPS) is 15.3. The van der Waals surface area contributed by atoms with Crippen molar-refractivity contribution in [1.82, 2.24) is 9.55 Å². The van der Waals surface area contributed by atoms with E-state index in [9.17, 15) is 10.1 Å². The van der Waals surface area contributed by atoms with Gasteiger partial charge in [-0.1, -0.05) is 25.1 Å². The Morgan fingerprint density at radius 2 is 2.03 bits per heavy atom. The molecular weight excluding hydrogens is 440 g/mol. The zero-order valence-corrected chi connectivity index (χ0v) is 20.4. The van der Waals surface area contributed by atoms with Crippen LogP contribution in [-0.4, -0.2) is 21.2 Å². The van der Waals surface area contributed by atoms with Gasteiger partial charge in [0.2, 0.25) is 5.91 Å². The monoisotopic (exact) mass is 468 g/mol. The lowest BCUT2D eigenvalue weighted by Gasteiger charge is -2.21. The Balaban J connectivity index is 1.27. The maximum absolute atomic E-state index is 12.7. The lowest BCUT2D eigenvalue weighted by Crippen LogP contribution is -2.14. The summed E-state index contributed by atoms with van der Waals surface area (Å²) in [4.78, 5) is 17.5. The molecule has 1 aliphatic rings. The second kappa shape index (κ2) is 9.52. The summed E-state index contributed by atoms with van der Waals surface area (Å²) in [5.74, 6) is 1.19. The molecule has 1 aliphatic carbocycles. The first-order valence-electron chi connectivity index (χ1n) is 11.9. The molecule has 2 aromatic heterocycles. The van der Waals surface area contributed by atoms with E-state index in [4.69, 9.17) is 4.98 Å². The average Bonchev–Trinajstić information content (AvgIpc) is 3.16. The average molecular weight is 469 g/mol. The minimum Gasteiger partial charge on any atom is -0.341 e. The highest BCUT2D eigenvalue weighted by atomic mass is 32.2. The Hall–Kier alpha value is -3.30. The van der Waals surface area contributed by atoms with Gasteiger partial charge in [-0.25, -0.2) is 4.98 Å². The number of hydrogen-bond acceptors (Lipinski definition) is 4. The molecule has 5 nitrogen and oxygen atoms in total. The number of aryl methyl sites for hydroxylation is 2. The summed E-state index contributed by atoms with van der Waals surface area (Å²) in [6, 6.07) is 18.8. The van der Waals surface area contributed by atoms with Crippen molar-refractivity contribution in [2.45, 2.75) is 51.1 Å². The topological polar surface area (TPSA) is 70.7 Å². The maximum atomic E-state index is 12.7. The number of para-hydroxylation sites is 1. The zero-order chi connectivity index (χ0) is 23.7. The van der Waals surface area contributed by atoms with Crippen LogP contribution in [0.2, 0.25) is 0 Å². The van der Waals surface area contributed by atoms with Gasteiger partial charge in [-0.2, -0.15) is 5.26 Å². The number of carbonyl (C=O) groups is 1. The van der Waals surface area contributed by atoms with Gasteiger partial charge in [-0.15, -0.1) is 11.8 Å². The quantitative estimate of drug-likeness (QED) is 0.336. The van der Waals surface area contributed by atoms with Gasteiger partial charge in [0.05, 0.1) is 5.56 Å². The lowest BCUT2D eigenvalue weighted by atomic mass is 9.87. The highest BCUT2D eigenvalue weighted by Gasteiger charge is 2.19. The Morgan fingerprint density at radius 3 is 2.85 bits per heavy atom. The molecule has 0 radical (unpaired) electrons. The van der Waals surface area contributed by atoms with E-state index >= 15 is 0 Å².